The standard InChI is InChI=1S/C23H19N3O5S2/c27-13(28)7-26-21(29)16-9-5-10(17(16)22(26)30)18-14(9)15(19-20(32-18)25-23(31)33-19)11-6-24-12-4-2-1-3-8(11)12/h1-4,6,9-10,14-18,24H,5,7H2,(H,25,31)(H,27,28)/t9-,10-,14-,15-,16+,17-,18+/m1/s1. The van der Waals surface area contributed by atoms with Gasteiger partial charge in [0.25, 0.3) is 0 Å². The number of thioether (sulfide) groups is 1. The Morgan fingerprint density at radius 3 is 2.67 bits per heavy atom. The Bertz CT molecular complexity index is 1420. The van der Waals surface area contributed by atoms with Gasteiger partial charge in [-0.3, -0.25) is 24.1 Å². The molecule has 8 nitrogen and oxygen atoms in total. The fraction of sp³-hybridized carbons (Fsp3) is 0.391. The van der Waals surface area contributed by atoms with Crippen LogP contribution in [-0.4, -0.2) is 49.6 Å². The van der Waals surface area contributed by atoms with Crippen molar-refractivity contribution in [3.63, 3.8) is 0 Å². The highest BCUT2D eigenvalue weighted by atomic mass is 32.2. The fourth-order valence-electron chi connectivity index (χ4n) is 7.07. The topological polar surface area (TPSA) is 123 Å². The van der Waals surface area contributed by atoms with E-state index >= 15 is 0 Å². The number of thiazole rings is 1. The molecule has 7 atom stereocenters. The molecular formula is C23H19N3O5S2. The van der Waals surface area contributed by atoms with Crippen LogP contribution in [0.2, 0.25) is 0 Å². The Labute approximate surface area is 195 Å². The van der Waals surface area contributed by atoms with Crippen molar-refractivity contribution >= 4 is 51.8 Å². The second-order valence-corrected chi connectivity index (χ2v) is 11.6. The van der Waals surface area contributed by atoms with E-state index in [0.29, 0.717) is 0 Å². The molecule has 1 saturated heterocycles. The number of aromatic nitrogens is 2. The summed E-state index contributed by atoms with van der Waals surface area (Å²) < 4.78 is 0. The number of nitrogens with zero attached hydrogens (tertiary/aromatic N) is 1. The minimum atomic E-state index is -1.17. The summed E-state index contributed by atoms with van der Waals surface area (Å²) in [7, 11) is 0. The molecule has 3 N–H and O–H groups in total. The first-order valence-corrected chi connectivity index (χ1v) is 12.7. The Kier molecular flexibility index (Phi) is 3.92. The van der Waals surface area contributed by atoms with Crippen molar-refractivity contribution in [2.75, 3.05) is 6.54 Å². The van der Waals surface area contributed by atoms with Gasteiger partial charge in [0.1, 0.15) is 6.54 Å². The number of likely N-dealkylation sites (tertiary alicyclic amines) is 1. The van der Waals surface area contributed by atoms with Gasteiger partial charge in [-0.25, -0.2) is 0 Å². The van der Waals surface area contributed by atoms with E-state index in [9.17, 15) is 24.3 Å². The molecule has 0 radical (unpaired) electrons. The average molecular weight is 482 g/mol. The minimum Gasteiger partial charge on any atom is -0.480 e. The first kappa shape index (κ1) is 19.6. The SMILES string of the molecule is O=C(O)CN1C(=O)[C@@H]2[C@H]3C[C@@H]([C@@H]2C1=O)[C@@H]1[C@@H](c2c[nH]c4ccccc24)c2sc(=O)[nH]c2S[C@@H]31. The van der Waals surface area contributed by atoms with Crippen molar-refractivity contribution in [3.05, 3.63) is 50.6 Å². The van der Waals surface area contributed by atoms with Crippen molar-refractivity contribution < 1.29 is 19.5 Å². The van der Waals surface area contributed by atoms with Gasteiger partial charge >= 0.3 is 10.8 Å². The van der Waals surface area contributed by atoms with Gasteiger partial charge in [-0.2, -0.15) is 0 Å². The van der Waals surface area contributed by atoms with Gasteiger partial charge in [0, 0.05) is 33.1 Å². The second-order valence-electron chi connectivity index (χ2n) is 9.41. The van der Waals surface area contributed by atoms with E-state index in [0.717, 1.165) is 37.7 Å². The normalized spacial score (nSPS) is 34.1. The third-order valence-electron chi connectivity index (χ3n) is 8.06. The predicted molar refractivity (Wildman–Crippen MR) is 121 cm³/mol. The molecule has 168 valence electrons. The Hall–Kier alpha value is -2.85. The number of amides is 2. The van der Waals surface area contributed by atoms with Crippen LogP contribution in [0.4, 0.5) is 0 Å². The van der Waals surface area contributed by atoms with Crippen molar-refractivity contribution in [1.29, 1.82) is 0 Å². The summed E-state index contributed by atoms with van der Waals surface area (Å²) in [6, 6.07) is 8.06. The van der Waals surface area contributed by atoms with Crippen molar-refractivity contribution in [2.45, 2.75) is 22.6 Å². The number of rotatable bonds is 3. The molecule has 4 aliphatic rings. The maximum absolute atomic E-state index is 13.2. The van der Waals surface area contributed by atoms with Gasteiger partial charge in [-0.05, 0) is 35.8 Å². The minimum absolute atomic E-state index is 0.00509. The number of carbonyl (C=O) groups is 3. The van der Waals surface area contributed by atoms with Crippen LogP contribution >= 0.6 is 23.1 Å². The third-order valence-corrected chi connectivity index (χ3v) is 10.7. The predicted octanol–water partition coefficient (Wildman–Crippen LogP) is 2.48. The molecule has 2 saturated carbocycles. The average Bonchev–Trinajstić information content (AvgIpc) is 3.57. The van der Waals surface area contributed by atoms with E-state index in [4.69, 9.17) is 0 Å². The lowest BCUT2D eigenvalue weighted by atomic mass is 9.68. The molecule has 7 rings (SSSR count). The molecular weight excluding hydrogens is 462 g/mol. The van der Waals surface area contributed by atoms with Gasteiger partial charge in [0.05, 0.1) is 16.9 Å². The number of carbonyl (C=O) groups excluding carboxylic acids is 2. The van der Waals surface area contributed by atoms with E-state index in [1.165, 1.54) is 11.3 Å². The zero-order valence-corrected chi connectivity index (χ0v) is 18.8. The number of benzene rings is 1. The van der Waals surface area contributed by atoms with Gasteiger partial charge in [0.2, 0.25) is 11.8 Å². The molecule has 2 aromatic heterocycles. The van der Waals surface area contributed by atoms with E-state index in [2.05, 4.69) is 16.0 Å². The lowest BCUT2D eigenvalue weighted by molar-refractivity contribution is -0.149. The van der Waals surface area contributed by atoms with E-state index in [-0.39, 0.29) is 45.6 Å². The first-order valence-electron chi connectivity index (χ1n) is 11.0. The highest BCUT2D eigenvalue weighted by Gasteiger charge is 2.69. The molecule has 2 aliphatic heterocycles. The maximum atomic E-state index is 13.2. The van der Waals surface area contributed by atoms with E-state index in [1.54, 1.807) is 11.8 Å². The summed E-state index contributed by atoms with van der Waals surface area (Å²) in [5.41, 5.74) is 2.13. The molecule has 1 aromatic carbocycles. The quantitative estimate of drug-likeness (QED) is 0.494. The summed E-state index contributed by atoms with van der Waals surface area (Å²) in [5.74, 6) is -2.75. The van der Waals surface area contributed by atoms with Gasteiger partial charge in [-0.15, -0.1) is 11.8 Å². The summed E-state index contributed by atoms with van der Waals surface area (Å²) in [4.78, 5) is 58.2. The van der Waals surface area contributed by atoms with Crippen molar-refractivity contribution in [3.8, 4) is 0 Å². The van der Waals surface area contributed by atoms with Crippen LogP contribution in [0, 0.1) is 29.6 Å². The first-order chi connectivity index (χ1) is 15.9. The molecule has 0 unspecified atom stereocenters. The molecule has 3 aromatic rings. The highest BCUT2D eigenvalue weighted by molar-refractivity contribution is 8.00. The number of aliphatic carboxylic acids is 1. The number of H-pyrrole nitrogens is 2. The van der Waals surface area contributed by atoms with Crippen LogP contribution in [-0.2, 0) is 14.4 Å². The van der Waals surface area contributed by atoms with Crippen LogP contribution in [0.3, 0.4) is 0 Å². The van der Waals surface area contributed by atoms with Crippen LogP contribution < -0.4 is 4.87 Å². The summed E-state index contributed by atoms with van der Waals surface area (Å²) in [6.07, 6.45) is 2.80. The number of hydrogen-bond donors (Lipinski definition) is 3. The van der Waals surface area contributed by atoms with E-state index < -0.39 is 24.3 Å². The lowest BCUT2D eigenvalue weighted by Crippen LogP contribution is -2.42. The van der Waals surface area contributed by atoms with Crippen molar-refractivity contribution in [1.82, 2.24) is 14.9 Å². The number of carboxylic acid groups (broad SMARTS) is 1. The fourth-order valence-corrected chi connectivity index (χ4v) is 9.95. The number of aromatic amines is 2. The van der Waals surface area contributed by atoms with Gasteiger partial charge in [0.15, 0.2) is 0 Å². The number of nitrogens with one attached hydrogen (secondary N) is 2. The molecule has 2 aliphatic carbocycles. The van der Waals surface area contributed by atoms with Gasteiger partial charge < -0.3 is 15.1 Å². The third kappa shape index (κ3) is 2.48. The molecule has 2 bridgehead atoms. The van der Waals surface area contributed by atoms with Crippen LogP contribution in [0.1, 0.15) is 22.8 Å². The largest absolute Gasteiger partial charge is 0.480 e. The number of imide groups is 1. The summed E-state index contributed by atoms with van der Waals surface area (Å²) >= 11 is 2.86. The number of fused-ring (bicyclic) bond motifs is 10. The molecule has 2 amide bonds. The maximum Gasteiger partial charge on any atom is 0.323 e. The zero-order valence-electron chi connectivity index (χ0n) is 17.2. The lowest BCUT2D eigenvalue weighted by Gasteiger charge is -2.42. The molecule has 3 fully saturated rings. The highest BCUT2D eigenvalue weighted by Crippen LogP contribution is 2.68. The Morgan fingerprint density at radius 2 is 1.88 bits per heavy atom. The second kappa shape index (κ2) is 6.60. The van der Waals surface area contributed by atoms with Crippen molar-refractivity contribution in [2.24, 2.45) is 29.6 Å². The summed E-state index contributed by atoms with van der Waals surface area (Å²) in [6.45, 7) is -0.570. The zero-order chi connectivity index (χ0) is 22.6. The van der Waals surface area contributed by atoms with Gasteiger partial charge in [-0.1, -0.05) is 29.5 Å². The molecule has 33 heavy (non-hydrogen) atoms. The molecule has 0 spiro atoms. The number of carboxylic acids is 1. The number of hydrogen-bond acceptors (Lipinski definition) is 6. The Morgan fingerprint density at radius 1 is 1.12 bits per heavy atom. The smallest absolute Gasteiger partial charge is 0.323 e. The molecule has 4 heterocycles. The van der Waals surface area contributed by atoms with Crippen LogP contribution in [0.15, 0.2) is 40.3 Å². The molecule has 10 heteroatoms. The van der Waals surface area contributed by atoms with Crippen LogP contribution in [0.5, 0.6) is 0 Å². The van der Waals surface area contributed by atoms with Crippen LogP contribution in [0.25, 0.3) is 10.9 Å². The van der Waals surface area contributed by atoms with E-state index in [1.807, 2.05) is 24.4 Å². The Balaban J connectivity index is 1.38. The summed E-state index contributed by atoms with van der Waals surface area (Å²) in [5, 5.41) is 11.3. The number of para-hydroxylation sites is 1. The monoisotopic (exact) mass is 481 g/mol.